The summed E-state index contributed by atoms with van der Waals surface area (Å²) in [5.41, 5.74) is 1.17. The molecule has 1 aliphatic heterocycles. The summed E-state index contributed by atoms with van der Waals surface area (Å²) in [7, 11) is 0. The van der Waals surface area contributed by atoms with Crippen LogP contribution < -0.4 is 10.6 Å². The van der Waals surface area contributed by atoms with Crippen LogP contribution in [0.15, 0.2) is 24.5 Å². The van der Waals surface area contributed by atoms with E-state index >= 15 is 0 Å². The van der Waals surface area contributed by atoms with Gasteiger partial charge in [-0.25, -0.2) is 0 Å². The standard InChI is InChI=1S/C15H23N3/c1-2-10-17-14(7-1)13-6-3-8-15(13)18-12-5-4-9-16-11-12/h4-5,9,11,13-15,17-18H,1-3,6-8,10H2. The number of aromatic nitrogens is 1. The van der Waals surface area contributed by atoms with Crippen LogP contribution in [0.3, 0.4) is 0 Å². The Morgan fingerprint density at radius 1 is 1.17 bits per heavy atom. The molecule has 3 rings (SSSR count). The summed E-state index contributed by atoms with van der Waals surface area (Å²) in [6.45, 7) is 1.21. The molecule has 0 radical (unpaired) electrons. The third kappa shape index (κ3) is 2.66. The summed E-state index contributed by atoms with van der Waals surface area (Å²) in [5.74, 6) is 0.797. The van der Waals surface area contributed by atoms with Gasteiger partial charge in [0.05, 0.1) is 5.69 Å². The van der Waals surface area contributed by atoms with Crippen LogP contribution >= 0.6 is 0 Å². The summed E-state index contributed by atoms with van der Waals surface area (Å²) < 4.78 is 0. The van der Waals surface area contributed by atoms with Gasteiger partial charge in [-0.05, 0) is 50.3 Å². The minimum Gasteiger partial charge on any atom is -0.381 e. The van der Waals surface area contributed by atoms with Crippen LogP contribution in [0.5, 0.6) is 0 Å². The maximum absolute atomic E-state index is 4.19. The van der Waals surface area contributed by atoms with Crippen LogP contribution in [0.25, 0.3) is 0 Å². The van der Waals surface area contributed by atoms with E-state index in [4.69, 9.17) is 0 Å². The SMILES string of the molecule is c1cncc(NC2CCCC2C2CCCCN2)c1. The van der Waals surface area contributed by atoms with Gasteiger partial charge in [-0.3, -0.25) is 4.98 Å². The Hall–Kier alpha value is -1.09. The summed E-state index contributed by atoms with van der Waals surface area (Å²) in [5, 5.41) is 7.41. The fourth-order valence-electron chi connectivity index (χ4n) is 3.56. The zero-order valence-corrected chi connectivity index (χ0v) is 10.9. The van der Waals surface area contributed by atoms with Crippen molar-refractivity contribution in [2.45, 2.75) is 50.6 Å². The highest BCUT2D eigenvalue weighted by Crippen LogP contribution is 2.33. The molecule has 3 nitrogen and oxygen atoms in total. The molecule has 2 N–H and O–H groups in total. The zero-order valence-electron chi connectivity index (χ0n) is 10.9. The van der Waals surface area contributed by atoms with E-state index in [2.05, 4.69) is 21.7 Å². The zero-order chi connectivity index (χ0) is 12.2. The van der Waals surface area contributed by atoms with Gasteiger partial charge in [0.1, 0.15) is 0 Å². The van der Waals surface area contributed by atoms with Crippen molar-refractivity contribution >= 4 is 5.69 Å². The molecule has 0 bridgehead atoms. The van der Waals surface area contributed by atoms with Crippen molar-refractivity contribution in [2.24, 2.45) is 5.92 Å². The number of hydrogen-bond donors (Lipinski definition) is 2. The van der Waals surface area contributed by atoms with Gasteiger partial charge < -0.3 is 10.6 Å². The third-order valence-electron chi connectivity index (χ3n) is 4.45. The Balaban J connectivity index is 1.63. The topological polar surface area (TPSA) is 37.0 Å². The van der Waals surface area contributed by atoms with Gasteiger partial charge in [0, 0.05) is 24.5 Å². The number of piperidine rings is 1. The first kappa shape index (κ1) is 12.0. The average molecular weight is 245 g/mol. The fourth-order valence-corrected chi connectivity index (χ4v) is 3.56. The van der Waals surface area contributed by atoms with Crippen LogP contribution in [0, 0.1) is 5.92 Å². The quantitative estimate of drug-likeness (QED) is 0.860. The van der Waals surface area contributed by atoms with Gasteiger partial charge in [-0.1, -0.05) is 12.8 Å². The lowest BCUT2D eigenvalue weighted by Crippen LogP contribution is -2.44. The van der Waals surface area contributed by atoms with Crippen molar-refractivity contribution in [1.29, 1.82) is 0 Å². The van der Waals surface area contributed by atoms with E-state index in [1.165, 1.54) is 50.8 Å². The predicted molar refractivity (Wildman–Crippen MR) is 74.6 cm³/mol. The minimum atomic E-state index is 0.629. The summed E-state index contributed by atoms with van der Waals surface area (Å²) >= 11 is 0. The van der Waals surface area contributed by atoms with Crippen LogP contribution in [0.4, 0.5) is 5.69 Å². The highest BCUT2D eigenvalue weighted by Gasteiger charge is 2.34. The number of pyridine rings is 1. The van der Waals surface area contributed by atoms with Crippen molar-refractivity contribution in [1.82, 2.24) is 10.3 Å². The summed E-state index contributed by atoms with van der Waals surface area (Å²) in [6.07, 6.45) is 11.9. The molecular weight excluding hydrogens is 222 g/mol. The van der Waals surface area contributed by atoms with Crippen molar-refractivity contribution in [3.8, 4) is 0 Å². The van der Waals surface area contributed by atoms with Crippen LogP contribution in [0.1, 0.15) is 38.5 Å². The molecule has 0 amide bonds. The molecule has 1 saturated carbocycles. The van der Waals surface area contributed by atoms with Gasteiger partial charge in [-0.15, -0.1) is 0 Å². The molecule has 2 aliphatic rings. The second-order valence-electron chi connectivity index (χ2n) is 5.64. The molecule has 1 aromatic heterocycles. The van der Waals surface area contributed by atoms with Crippen molar-refractivity contribution in [2.75, 3.05) is 11.9 Å². The number of rotatable bonds is 3. The molecule has 0 aromatic carbocycles. The summed E-state index contributed by atoms with van der Waals surface area (Å²) in [6, 6.07) is 5.49. The Morgan fingerprint density at radius 3 is 2.94 bits per heavy atom. The maximum atomic E-state index is 4.19. The third-order valence-corrected chi connectivity index (χ3v) is 4.45. The monoisotopic (exact) mass is 245 g/mol. The Labute approximate surface area is 109 Å². The van der Waals surface area contributed by atoms with Gasteiger partial charge >= 0.3 is 0 Å². The van der Waals surface area contributed by atoms with Crippen LogP contribution in [0.2, 0.25) is 0 Å². The molecule has 0 spiro atoms. The smallest absolute Gasteiger partial charge is 0.0528 e. The van der Waals surface area contributed by atoms with E-state index < -0.39 is 0 Å². The second kappa shape index (κ2) is 5.70. The van der Waals surface area contributed by atoms with Crippen molar-refractivity contribution in [3.05, 3.63) is 24.5 Å². The molecule has 1 saturated heterocycles. The summed E-state index contributed by atoms with van der Waals surface area (Å²) in [4.78, 5) is 4.19. The van der Waals surface area contributed by atoms with E-state index in [1.807, 2.05) is 18.5 Å². The lowest BCUT2D eigenvalue weighted by molar-refractivity contribution is 0.286. The first-order valence-electron chi connectivity index (χ1n) is 7.33. The molecule has 1 aromatic rings. The van der Waals surface area contributed by atoms with Gasteiger partial charge in [0.15, 0.2) is 0 Å². The molecular formula is C15H23N3. The maximum Gasteiger partial charge on any atom is 0.0528 e. The normalized spacial score (nSPS) is 32.3. The Kier molecular flexibility index (Phi) is 3.79. The number of hydrogen-bond acceptors (Lipinski definition) is 3. The number of anilines is 1. The number of nitrogens with zero attached hydrogens (tertiary/aromatic N) is 1. The molecule has 3 heteroatoms. The molecule has 98 valence electrons. The van der Waals surface area contributed by atoms with Gasteiger partial charge in [0.2, 0.25) is 0 Å². The van der Waals surface area contributed by atoms with Gasteiger partial charge in [0.25, 0.3) is 0 Å². The molecule has 3 unspecified atom stereocenters. The van der Waals surface area contributed by atoms with E-state index in [0.29, 0.717) is 6.04 Å². The molecule has 1 aliphatic carbocycles. The van der Waals surface area contributed by atoms with Crippen LogP contribution in [-0.2, 0) is 0 Å². The Bertz CT molecular complexity index is 359. The van der Waals surface area contributed by atoms with Crippen molar-refractivity contribution in [3.63, 3.8) is 0 Å². The van der Waals surface area contributed by atoms with E-state index in [9.17, 15) is 0 Å². The highest BCUT2D eigenvalue weighted by atomic mass is 15.0. The largest absolute Gasteiger partial charge is 0.381 e. The fraction of sp³-hybridized carbons (Fsp3) is 0.667. The van der Waals surface area contributed by atoms with Gasteiger partial charge in [-0.2, -0.15) is 0 Å². The molecule has 2 heterocycles. The van der Waals surface area contributed by atoms with Crippen molar-refractivity contribution < 1.29 is 0 Å². The Morgan fingerprint density at radius 2 is 2.17 bits per heavy atom. The van der Waals surface area contributed by atoms with Crippen LogP contribution in [-0.4, -0.2) is 23.6 Å². The molecule has 3 atom stereocenters. The second-order valence-corrected chi connectivity index (χ2v) is 5.64. The first-order valence-corrected chi connectivity index (χ1v) is 7.33. The molecule has 18 heavy (non-hydrogen) atoms. The number of nitrogens with one attached hydrogen (secondary N) is 2. The highest BCUT2D eigenvalue weighted by molar-refractivity contribution is 5.41. The van der Waals surface area contributed by atoms with E-state index in [0.717, 1.165) is 12.0 Å². The average Bonchev–Trinajstić information content (AvgIpc) is 2.89. The van der Waals surface area contributed by atoms with E-state index in [-0.39, 0.29) is 0 Å². The minimum absolute atomic E-state index is 0.629. The molecule has 2 fully saturated rings. The lowest BCUT2D eigenvalue weighted by Gasteiger charge is -2.33. The lowest BCUT2D eigenvalue weighted by atomic mass is 9.88. The predicted octanol–water partition coefficient (Wildman–Crippen LogP) is 2.80. The first-order chi connectivity index (χ1) is 8.93. The van der Waals surface area contributed by atoms with E-state index in [1.54, 1.807) is 0 Å².